The third kappa shape index (κ3) is 2.59. The Hall–Kier alpha value is -1.27. The first-order valence-corrected chi connectivity index (χ1v) is 6.78. The molecule has 0 saturated carbocycles. The summed E-state index contributed by atoms with van der Waals surface area (Å²) in [6.45, 7) is 5.87. The molecule has 2 rings (SSSR count). The molecule has 0 aromatic carbocycles. The van der Waals surface area contributed by atoms with Gasteiger partial charge in [0.15, 0.2) is 0 Å². The second-order valence-electron chi connectivity index (χ2n) is 3.86. The SMILES string of the molecule is CCNC(c1ccnnc1)c1c(Br)cnn1CC. The van der Waals surface area contributed by atoms with Gasteiger partial charge in [-0.2, -0.15) is 15.3 Å². The van der Waals surface area contributed by atoms with Crippen LogP contribution in [-0.4, -0.2) is 26.5 Å². The fourth-order valence-electron chi connectivity index (χ4n) is 1.96. The van der Waals surface area contributed by atoms with Gasteiger partial charge in [-0.1, -0.05) is 6.92 Å². The molecule has 0 amide bonds. The van der Waals surface area contributed by atoms with E-state index < -0.39 is 0 Å². The number of nitrogens with zero attached hydrogens (tertiary/aromatic N) is 4. The summed E-state index contributed by atoms with van der Waals surface area (Å²) >= 11 is 3.57. The van der Waals surface area contributed by atoms with Crippen molar-refractivity contribution in [2.24, 2.45) is 0 Å². The molecule has 0 spiro atoms. The summed E-state index contributed by atoms with van der Waals surface area (Å²) in [6.07, 6.45) is 5.32. The minimum atomic E-state index is 0.0716. The topological polar surface area (TPSA) is 55.6 Å². The van der Waals surface area contributed by atoms with Crippen LogP contribution in [0.15, 0.2) is 29.1 Å². The van der Waals surface area contributed by atoms with Gasteiger partial charge in [0.1, 0.15) is 0 Å². The van der Waals surface area contributed by atoms with Gasteiger partial charge < -0.3 is 5.32 Å². The van der Waals surface area contributed by atoms with E-state index in [1.807, 2.05) is 16.9 Å². The normalized spacial score (nSPS) is 12.6. The van der Waals surface area contributed by atoms with Crippen LogP contribution in [0.2, 0.25) is 0 Å². The van der Waals surface area contributed by atoms with Crippen molar-refractivity contribution in [3.8, 4) is 0 Å². The van der Waals surface area contributed by atoms with Crippen molar-refractivity contribution in [2.45, 2.75) is 26.4 Å². The maximum absolute atomic E-state index is 4.36. The lowest BCUT2D eigenvalue weighted by atomic mass is 10.1. The molecule has 0 fully saturated rings. The third-order valence-electron chi connectivity index (χ3n) is 2.75. The quantitative estimate of drug-likeness (QED) is 0.919. The number of rotatable bonds is 5. The van der Waals surface area contributed by atoms with Crippen molar-refractivity contribution < 1.29 is 0 Å². The Morgan fingerprint density at radius 2 is 2.17 bits per heavy atom. The van der Waals surface area contributed by atoms with Gasteiger partial charge in [-0.3, -0.25) is 4.68 Å². The molecule has 0 aliphatic carbocycles. The van der Waals surface area contributed by atoms with E-state index in [2.05, 4.69) is 50.4 Å². The molecule has 0 bridgehead atoms. The first-order valence-electron chi connectivity index (χ1n) is 5.99. The first-order chi connectivity index (χ1) is 8.77. The monoisotopic (exact) mass is 309 g/mol. The van der Waals surface area contributed by atoms with Crippen LogP contribution in [0, 0.1) is 0 Å². The van der Waals surface area contributed by atoms with E-state index in [0.29, 0.717) is 0 Å². The predicted octanol–water partition coefficient (Wildman–Crippen LogP) is 2.15. The summed E-state index contributed by atoms with van der Waals surface area (Å²) < 4.78 is 2.99. The summed E-state index contributed by atoms with van der Waals surface area (Å²) in [5.74, 6) is 0. The van der Waals surface area contributed by atoms with Gasteiger partial charge in [-0.15, -0.1) is 0 Å². The number of nitrogens with one attached hydrogen (secondary N) is 1. The molecule has 2 aromatic rings. The minimum absolute atomic E-state index is 0.0716. The predicted molar refractivity (Wildman–Crippen MR) is 73.2 cm³/mol. The Morgan fingerprint density at radius 3 is 2.78 bits per heavy atom. The average Bonchev–Trinajstić information content (AvgIpc) is 2.78. The standard InChI is InChI=1S/C12H16BrN5/c1-3-14-11(9-5-6-15-16-7-9)12-10(13)8-17-18(12)4-2/h5-8,11,14H,3-4H2,1-2H3. The molecule has 0 aliphatic rings. The molecule has 1 atom stereocenters. The number of aryl methyl sites for hydroxylation is 1. The van der Waals surface area contributed by atoms with Crippen molar-refractivity contribution in [3.05, 3.63) is 40.4 Å². The lowest BCUT2D eigenvalue weighted by molar-refractivity contribution is 0.539. The highest BCUT2D eigenvalue weighted by Crippen LogP contribution is 2.27. The maximum atomic E-state index is 4.36. The van der Waals surface area contributed by atoms with Crippen LogP contribution in [0.1, 0.15) is 31.1 Å². The lowest BCUT2D eigenvalue weighted by Gasteiger charge is -2.19. The van der Waals surface area contributed by atoms with Crippen molar-refractivity contribution in [1.29, 1.82) is 0 Å². The molecular formula is C12H16BrN5. The van der Waals surface area contributed by atoms with Crippen molar-refractivity contribution in [3.63, 3.8) is 0 Å². The summed E-state index contributed by atoms with van der Waals surface area (Å²) in [6, 6.07) is 2.04. The zero-order valence-corrected chi connectivity index (χ0v) is 12.1. The highest BCUT2D eigenvalue weighted by Gasteiger charge is 2.20. The second-order valence-corrected chi connectivity index (χ2v) is 4.71. The molecule has 0 radical (unpaired) electrons. The second kappa shape index (κ2) is 6.06. The molecule has 18 heavy (non-hydrogen) atoms. The first kappa shape index (κ1) is 13.2. The van der Waals surface area contributed by atoms with E-state index >= 15 is 0 Å². The van der Waals surface area contributed by atoms with Gasteiger partial charge in [0.2, 0.25) is 0 Å². The van der Waals surface area contributed by atoms with Gasteiger partial charge in [0.05, 0.1) is 28.6 Å². The van der Waals surface area contributed by atoms with E-state index in [1.165, 1.54) is 0 Å². The number of hydrogen-bond acceptors (Lipinski definition) is 4. The number of halogens is 1. The molecule has 2 aromatic heterocycles. The maximum Gasteiger partial charge on any atom is 0.0775 e. The van der Waals surface area contributed by atoms with Gasteiger partial charge in [-0.05, 0) is 41.0 Å². The molecule has 1 N–H and O–H groups in total. The van der Waals surface area contributed by atoms with Crippen LogP contribution in [0.4, 0.5) is 0 Å². The highest BCUT2D eigenvalue weighted by atomic mass is 79.9. The summed E-state index contributed by atoms with van der Waals surface area (Å²) in [7, 11) is 0. The van der Waals surface area contributed by atoms with Crippen molar-refractivity contribution >= 4 is 15.9 Å². The van der Waals surface area contributed by atoms with Crippen LogP contribution in [-0.2, 0) is 6.54 Å². The van der Waals surface area contributed by atoms with Crippen LogP contribution >= 0.6 is 15.9 Å². The van der Waals surface area contributed by atoms with Crippen LogP contribution in [0.25, 0.3) is 0 Å². The number of hydrogen-bond donors (Lipinski definition) is 1. The highest BCUT2D eigenvalue weighted by molar-refractivity contribution is 9.10. The van der Waals surface area contributed by atoms with Crippen LogP contribution in [0.5, 0.6) is 0 Å². The van der Waals surface area contributed by atoms with E-state index in [4.69, 9.17) is 0 Å². The van der Waals surface area contributed by atoms with Crippen LogP contribution in [0.3, 0.4) is 0 Å². The minimum Gasteiger partial charge on any atom is -0.305 e. The van der Waals surface area contributed by atoms with E-state index in [1.54, 1.807) is 12.4 Å². The van der Waals surface area contributed by atoms with Gasteiger partial charge in [-0.25, -0.2) is 0 Å². The summed E-state index contributed by atoms with van der Waals surface area (Å²) in [5, 5.41) is 15.6. The largest absolute Gasteiger partial charge is 0.305 e. The Labute approximate surface area is 115 Å². The Balaban J connectivity index is 2.44. The van der Waals surface area contributed by atoms with Gasteiger partial charge in [0.25, 0.3) is 0 Å². The third-order valence-corrected chi connectivity index (χ3v) is 3.37. The fraction of sp³-hybridized carbons (Fsp3) is 0.417. The van der Waals surface area contributed by atoms with Gasteiger partial charge in [0, 0.05) is 12.7 Å². The zero-order valence-electron chi connectivity index (χ0n) is 10.5. The average molecular weight is 310 g/mol. The molecule has 1 unspecified atom stereocenters. The lowest BCUT2D eigenvalue weighted by Crippen LogP contribution is -2.25. The van der Waals surface area contributed by atoms with Crippen molar-refractivity contribution in [1.82, 2.24) is 25.3 Å². The number of aromatic nitrogens is 4. The molecule has 96 valence electrons. The molecule has 2 heterocycles. The van der Waals surface area contributed by atoms with Crippen LogP contribution < -0.4 is 5.32 Å². The fourth-order valence-corrected chi connectivity index (χ4v) is 2.48. The zero-order chi connectivity index (χ0) is 13.0. The molecule has 0 aliphatic heterocycles. The smallest absolute Gasteiger partial charge is 0.0775 e. The van der Waals surface area contributed by atoms with E-state index in [0.717, 1.165) is 28.8 Å². The van der Waals surface area contributed by atoms with E-state index in [9.17, 15) is 0 Å². The molecule has 0 saturated heterocycles. The molecule has 5 nitrogen and oxygen atoms in total. The van der Waals surface area contributed by atoms with E-state index in [-0.39, 0.29) is 6.04 Å². The van der Waals surface area contributed by atoms with Crippen molar-refractivity contribution in [2.75, 3.05) is 6.54 Å². The Morgan fingerprint density at radius 1 is 1.33 bits per heavy atom. The molecule has 6 heteroatoms. The van der Waals surface area contributed by atoms with Gasteiger partial charge >= 0.3 is 0 Å². The summed E-state index contributed by atoms with van der Waals surface area (Å²) in [5.41, 5.74) is 2.20. The summed E-state index contributed by atoms with van der Waals surface area (Å²) in [4.78, 5) is 0. The Bertz CT molecular complexity index is 496. The molecular weight excluding hydrogens is 294 g/mol. The Kier molecular flexibility index (Phi) is 4.43.